The third-order valence-electron chi connectivity index (χ3n) is 8.65. The Morgan fingerprint density at radius 1 is 0.771 bits per heavy atom. The van der Waals surface area contributed by atoms with Crippen LogP contribution in [0.1, 0.15) is 57.6 Å². The van der Waals surface area contributed by atoms with Crippen molar-refractivity contribution in [3.8, 4) is 21.8 Å². The van der Waals surface area contributed by atoms with E-state index in [9.17, 15) is 4.79 Å². The van der Waals surface area contributed by atoms with Crippen molar-refractivity contribution >= 4 is 29.2 Å². The highest BCUT2D eigenvalue weighted by Gasteiger charge is 2.42. The Morgan fingerprint density at radius 2 is 1.35 bits per heavy atom. The summed E-state index contributed by atoms with van der Waals surface area (Å²) in [4.78, 5) is 18.3. The quantitative estimate of drug-likeness (QED) is 0.0959. The Morgan fingerprint density at radius 3 is 1.94 bits per heavy atom. The van der Waals surface area contributed by atoms with Gasteiger partial charge in [0.15, 0.2) is 12.1 Å². The molecule has 0 aliphatic heterocycles. The molecule has 3 heterocycles. The molecule has 0 spiro atoms. The van der Waals surface area contributed by atoms with E-state index in [-0.39, 0.29) is 5.69 Å². The van der Waals surface area contributed by atoms with Crippen LogP contribution in [-0.4, -0.2) is 36.0 Å². The van der Waals surface area contributed by atoms with E-state index in [1.54, 1.807) is 11.3 Å². The standard InChI is InChI=1S/C39H33ClN6OS/c1-2-3-23-36-41-34(27-47)37(40)45(36)26-31-24-25-35(48-31)32-21-13-14-22-33(32)38-42-43-44-46(38)39(28-15-7-4-8-16-28,29-17-9-5-10-18-29)30-19-11-6-12-20-30/h4-22,24-25,27H,2-3,23,26H2,1H3. The van der Waals surface area contributed by atoms with Crippen molar-refractivity contribution < 1.29 is 4.79 Å². The van der Waals surface area contributed by atoms with Gasteiger partial charge in [-0.25, -0.2) is 9.67 Å². The summed E-state index contributed by atoms with van der Waals surface area (Å²) in [5.41, 5.74) is 4.48. The molecule has 48 heavy (non-hydrogen) atoms. The maximum absolute atomic E-state index is 11.7. The first-order valence-corrected chi connectivity index (χ1v) is 17.2. The normalized spacial score (nSPS) is 11.5. The molecule has 0 aliphatic rings. The molecular weight excluding hydrogens is 636 g/mol. The summed E-state index contributed by atoms with van der Waals surface area (Å²) < 4.78 is 3.92. The number of tetrazole rings is 1. The van der Waals surface area contributed by atoms with Crippen LogP contribution in [0.4, 0.5) is 0 Å². The van der Waals surface area contributed by atoms with Crippen molar-refractivity contribution in [1.29, 1.82) is 0 Å². The summed E-state index contributed by atoms with van der Waals surface area (Å²) in [7, 11) is 0. The van der Waals surface area contributed by atoms with Gasteiger partial charge in [-0.15, -0.1) is 16.4 Å². The fraction of sp³-hybridized carbons (Fsp3) is 0.154. The predicted molar refractivity (Wildman–Crippen MR) is 192 cm³/mol. The fourth-order valence-electron chi connectivity index (χ4n) is 6.40. The zero-order valence-corrected chi connectivity index (χ0v) is 28.0. The lowest BCUT2D eigenvalue weighted by Crippen LogP contribution is -2.39. The minimum absolute atomic E-state index is 0.287. The minimum atomic E-state index is -0.861. The molecule has 0 aliphatic carbocycles. The summed E-state index contributed by atoms with van der Waals surface area (Å²) in [6.45, 7) is 2.67. The van der Waals surface area contributed by atoms with Crippen molar-refractivity contribution in [3.63, 3.8) is 0 Å². The molecule has 7 aromatic rings. The number of nitrogens with zero attached hydrogens (tertiary/aromatic N) is 6. The predicted octanol–water partition coefficient (Wildman–Crippen LogP) is 8.96. The molecule has 4 aromatic carbocycles. The van der Waals surface area contributed by atoms with Crippen molar-refractivity contribution in [3.05, 3.63) is 166 Å². The van der Waals surface area contributed by atoms with E-state index >= 15 is 0 Å². The topological polar surface area (TPSA) is 78.5 Å². The first-order chi connectivity index (χ1) is 23.6. The molecular formula is C39H33ClN6OS. The van der Waals surface area contributed by atoms with E-state index in [2.05, 4.69) is 114 Å². The smallest absolute Gasteiger partial charge is 0.184 e. The number of carbonyl (C=O) groups is 1. The Kier molecular flexibility index (Phi) is 9.09. The molecule has 9 heteroatoms. The first-order valence-electron chi connectivity index (χ1n) is 16.0. The van der Waals surface area contributed by atoms with Crippen molar-refractivity contribution in [1.82, 2.24) is 29.8 Å². The molecule has 0 saturated heterocycles. The molecule has 238 valence electrons. The average Bonchev–Trinajstić information content (AvgIpc) is 3.89. The summed E-state index contributed by atoms with van der Waals surface area (Å²) >= 11 is 8.32. The highest BCUT2D eigenvalue weighted by atomic mass is 35.5. The van der Waals surface area contributed by atoms with Crippen LogP contribution >= 0.6 is 22.9 Å². The van der Waals surface area contributed by atoms with Crippen LogP contribution in [0.3, 0.4) is 0 Å². The molecule has 0 bridgehead atoms. The number of unbranched alkanes of at least 4 members (excludes halogenated alkanes) is 1. The van der Waals surface area contributed by atoms with Gasteiger partial charge in [-0.2, -0.15) is 0 Å². The molecule has 3 aromatic heterocycles. The second kappa shape index (κ2) is 13.9. The summed E-state index contributed by atoms with van der Waals surface area (Å²) in [5.74, 6) is 1.48. The van der Waals surface area contributed by atoms with Gasteiger partial charge in [0.25, 0.3) is 0 Å². The first kappa shape index (κ1) is 31.4. The molecule has 7 rings (SSSR count). The van der Waals surface area contributed by atoms with Gasteiger partial charge in [0.2, 0.25) is 0 Å². The van der Waals surface area contributed by atoms with Crippen LogP contribution < -0.4 is 0 Å². The van der Waals surface area contributed by atoms with E-state index in [1.165, 1.54) is 0 Å². The number of benzene rings is 4. The molecule has 0 amide bonds. The molecule has 0 radical (unpaired) electrons. The second-order valence-electron chi connectivity index (χ2n) is 11.5. The van der Waals surface area contributed by atoms with Gasteiger partial charge < -0.3 is 4.57 Å². The van der Waals surface area contributed by atoms with Crippen molar-refractivity contribution in [2.24, 2.45) is 0 Å². The number of aryl methyl sites for hydroxylation is 1. The number of hydrogen-bond acceptors (Lipinski definition) is 6. The van der Waals surface area contributed by atoms with Crippen LogP contribution in [0.15, 0.2) is 127 Å². The zero-order chi connectivity index (χ0) is 32.9. The largest absolute Gasteiger partial charge is 0.313 e. The van der Waals surface area contributed by atoms with Gasteiger partial charge >= 0.3 is 0 Å². The Labute approximate surface area is 288 Å². The SMILES string of the molecule is CCCCc1nc(C=O)c(Cl)n1Cc1ccc(-c2ccccc2-c2nnnn2C(c2ccccc2)(c2ccccc2)c2ccccc2)s1. The van der Waals surface area contributed by atoms with Gasteiger partial charge in [0.05, 0.1) is 6.54 Å². The summed E-state index contributed by atoms with van der Waals surface area (Å²) in [6, 6.07) is 43.7. The van der Waals surface area contributed by atoms with Crippen molar-refractivity contribution in [2.45, 2.75) is 38.3 Å². The maximum atomic E-state index is 11.7. The van der Waals surface area contributed by atoms with Gasteiger partial charge in [-0.05, 0) is 45.7 Å². The Balaban J connectivity index is 1.36. The van der Waals surface area contributed by atoms with Crippen LogP contribution in [0.25, 0.3) is 21.8 Å². The van der Waals surface area contributed by atoms with Crippen LogP contribution in [-0.2, 0) is 18.5 Å². The molecule has 0 saturated carbocycles. The second-order valence-corrected chi connectivity index (χ2v) is 13.1. The highest BCUT2D eigenvalue weighted by Crippen LogP contribution is 2.44. The lowest BCUT2D eigenvalue weighted by atomic mass is 9.77. The van der Waals surface area contributed by atoms with E-state index in [0.29, 0.717) is 17.5 Å². The number of rotatable bonds is 12. The Hall–Kier alpha value is -5.18. The van der Waals surface area contributed by atoms with Gasteiger partial charge in [0.1, 0.15) is 22.2 Å². The van der Waals surface area contributed by atoms with Crippen LogP contribution in [0.5, 0.6) is 0 Å². The van der Waals surface area contributed by atoms with E-state index in [1.807, 2.05) is 39.6 Å². The number of hydrogen-bond donors (Lipinski definition) is 0. The summed E-state index contributed by atoms with van der Waals surface area (Å²) in [5, 5.41) is 14.1. The minimum Gasteiger partial charge on any atom is -0.313 e. The Bertz CT molecular complexity index is 2040. The monoisotopic (exact) mass is 668 g/mol. The molecule has 0 fully saturated rings. The lowest BCUT2D eigenvalue weighted by Gasteiger charge is -2.36. The summed E-state index contributed by atoms with van der Waals surface area (Å²) in [6.07, 6.45) is 3.50. The number of aromatic nitrogens is 6. The van der Waals surface area contributed by atoms with Gasteiger partial charge in [-0.1, -0.05) is 140 Å². The average molecular weight is 669 g/mol. The fourth-order valence-corrected chi connectivity index (χ4v) is 7.68. The number of halogens is 1. The van der Waals surface area contributed by atoms with Crippen LogP contribution in [0.2, 0.25) is 5.15 Å². The van der Waals surface area contributed by atoms with Crippen molar-refractivity contribution in [2.75, 3.05) is 0 Å². The molecule has 0 unspecified atom stereocenters. The van der Waals surface area contributed by atoms with E-state index < -0.39 is 5.54 Å². The van der Waals surface area contributed by atoms with Gasteiger partial charge in [0, 0.05) is 27.3 Å². The third kappa shape index (κ3) is 5.67. The number of imidazole rings is 1. The van der Waals surface area contributed by atoms with E-state index in [4.69, 9.17) is 21.9 Å². The zero-order valence-electron chi connectivity index (χ0n) is 26.4. The van der Waals surface area contributed by atoms with Crippen LogP contribution in [0, 0.1) is 0 Å². The highest BCUT2D eigenvalue weighted by molar-refractivity contribution is 7.15. The molecule has 0 atom stereocenters. The molecule has 0 N–H and O–H groups in total. The molecule has 7 nitrogen and oxygen atoms in total. The lowest BCUT2D eigenvalue weighted by molar-refractivity contribution is 0.111. The third-order valence-corrected chi connectivity index (χ3v) is 10.1. The maximum Gasteiger partial charge on any atom is 0.184 e. The number of carbonyl (C=O) groups excluding carboxylic acids is 1. The van der Waals surface area contributed by atoms with E-state index in [0.717, 1.165) is 68.9 Å². The number of thiophene rings is 1. The number of aldehydes is 1. The van der Waals surface area contributed by atoms with Gasteiger partial charge in [-0.3, -0.25) is 4.79 Å².